The first-order valence-electron chi connectivity index (χ1n) is 8.53. The number of para-hydroxylation sites is 1. The van der Waals surface area contributed by atoms with Gasteiger partial charge in [-0.3, -0.25) is 10.1 Å². The molecule has 154 valence electrons. The first-order valence-corrected chi connectivity index (χ1v) is 9.35. The molecular formula is C18H19N3O7S. The van der Waals surface area contributed by atoms with E-state index in [1.54, 1.807) is 18.2 Å². The van der Waals surface area contributed by atoms with E-state index in [9.17, 15) is 9.59 Å². The maximum Gasteiger partial charge on any atom is 0.331 e. The molecule has 10 nitrogen and oxygen atoms in total. The van der Waals surface area contributed by atoms with Crippen molar-refractivity contribution in [2.45, 2.75) is 6.29 Å². The summed E-state index contributed by atoms with van der Waals surface area (Å²) in [5.74, 6) is -0.0870. The lowest BCUT2D eigenvalue weighted by Crippen LogP contribution is -2.19. The average Bonchev–Trinajstić information content (AvgIpc) is 3.36. The number of methoxy groups -OCH3 is 2. The van der Waals surface area contributed by atoms with Gasteiger partial charge in [0.15, 0.2) is 23.0 Å². The highest BCUT2D eigenvalue weighted by atomic mass is 32.2. The summed E-state index contributed by atoms with van der Waals surface area (Å²) in [5.41, 5.74) is 0.617. The van der Waals surface area contributed by atoms with Gasteiger partial charge in [0.1, 0.15) is 6.61 Å². The summed E-state index contributed by atoms with van der Waals surface area (Å²) in [6.45, 7) is 1.26. The maximum atomic E-state index is 11.8. The Labute approximate surface area is 170 Å². The minimum atomic E-state index is -0.624. The molecule has 1 aromatic carbocycles. The predicted octanol–water partition coefficient (Wildman–Crippen LogP) is 1.06. The fourth-order valence-electron chi connectivity index (χ4n) is 2.39. The third-order valence-corrected chi connectivity index (χ3v) is 4.63. The number of hydrogen-bond acceptors (Lipinski definition) is 10. The van der Waals surface area contributed by atoms with Crippen LogP contribution >= 0.6 is 11.8 Å². The summed E-state index contributed by atoms with van der Waals surface area (Å²) < 4.78 is 26.4. The Balaban J connectivity index is 1.71. The third-order valence-electron chi connectivity index (χ3n) is 3.73. The smallest absolute Gasteiger partial charge is 0.331 e. The van der Waals surface area contributed by atoms with Crippen molar-refractivity contribution >= 4 is 35.0 Å². The van der Waals surface area contributed by atoms with Gasteiger partial charge in [0.2, 0.25) is 0 Å². The largest absolute Gasteiger partial charge is 0.493 e. The number of hydrogen-bond donors (Lipinski definition) is 1. The van der Waals surface area contributed by atoms with Crippen LogP contribution < -0.4 is 14.8 Å². The van der Waals surface area contributed by atoms with E-state index in [1.165, 1.54) is 20.4 Å². The first kappa shape index (κ1) is 20.8. The molecule has 1 amide bonds. The second-order valence-electron chi connectivity index (χ2n) is 5.60. The average molecular weight is 421 g/mol. The van der Waals surface area contributed by atoms with Crippen LogP contribution in [0.15, 0.2) is 39.4 Å². The van der Waals surface area contributed by atoms with Crippen LogP contribution in [0.25, 0.3) is 0 Å². The predicted molar refractivity (Wildman–Crippen MR) is 105 cm³/mol. The number of esters is 1. The molecule has 0 radical (unpaired) electrons. The zero-order valence-electron chi connectivity index (χ0n) is 15.7. The monoisotopic (exact) mass is 421 g/mol. The quantitative estimate of drug-likeness (QED) is 0.301. The van der Waals surface area contributed by atoms with Crippen molar-refractivity contribution < 1.29 is 33.3 Å². The highest BCUT2D eigenvalue weighted by molar-refractivity contribution is 8.18. The lowest BCUT2D eigenvalue weighted by atomic mass is 10.2. The van der Waals surface area contributed by atoms with E-state index in [1.807, 2.05) is 0 Å². The number of benzene rings is 1. The van der Waals surface area contributed by atoms with Gasteiger partial charge < -0.3 is 23.7 Å². The second kappa shape index (κ2) is 10.0. The molecule has 2 saturated heterocycles. The van der Waals surface area contributed by atoms with E-state index in [0.717, 1.165) is 17.8 Å². The van der Waals surface area contributed by atoms with E-state index < -0.39 is 18.2 Å². The second-order valence-corrected chi connectivity index (χ2v) is 6.63. The van der Waals surface area contributed by atoms with Crippen LogP contribution in [0.1, 0.15) is 5.56 Å². The fraction of sp³-hybridized carbons (Fsp3) is 0.333. The molecule has 11 heteroatoms. The van der Waals surface area contributed by atoms with Crippen molar-refractivity contribution in [2.75, 3.05) is 34.0 Å². The van der Waals surface area contributed by atoms with Gasteiger partial charge in [-0.2, -0.15) is 5.10 Å². The molecule has 1 aromatic rings. The number of carbonyl (C=O) groups excluding carboxylic acids is 2. The van der Waals surface area contributed by atoms with Crippen LogP contribution in [-0.4, -0.2) is 63.6 Å². The lowest BCUT2D eigenvalue weighted by molar-refractivity contribution is -0.135. The van der Waals surface area contributed by atoms with E-state index in [0.29, 0.717) is 30.3 Å². The molecule has 2 aliphatic rings. The molecule has 3 rings (SSSR count). The summed E-state index contributed by atoms with van der Waals surface area (Å²) in [6.07, 6.45) is 2.12. The van der Waals surface area contributed by atoms with Crippen molar-refractivity contribution in [1.29, 1.82) is 0 Å². The number of nitrogens with zero attached hydrogens (tertiary/aromatic N) is 2. The number of nitrogens with one attached hydrogen (secondary N) is 1. The Bertz CT molecular complexity index is 863. The van der Waals surface area contributed by atoms with Gasteiger partial charge in [0.05, 0.1) is 38.6 Å². The third kappa shape index (κ3) is 5.56. The summed E-state index contributed by atoms with van der Waals surface area (Å²) in [6, 6.07) is 5.32. The number of rotatable bonds is 7. The highest BCUT2D eigenvalue weighted by Crippen LogP contribution is 2.30. The standard InChI is InChI=1S/C18H19N3O7S/c1-24-12-5-3-4-11(16(12)28-10-15-26-6-7-27-15)9-19-21-18-20-17(23)13(29-18)8-14(22)25-2/h3-5,8-9,15H,6-7,10H2,1-2H3,(H,20,21,23)/b13-8+,19-9?. The molecule has 2 aliphatic heterocycles. The normalized spacial score (nSPS) is 19.9. The van der Waals surface area contributed by atoms with Crippen LogP contribution in [0.2, 0.25) is 0 Å². The van der Waals surface area contributed by atoms with Gasteiger partial charge in [0, 0.05) is 11.6 Å². The maximum absolute atomic E-state index is 11.8. The van der Waals surface area contributed by atoms with E-state index >= 15 is 0 Å². The fourth-order valence-corrected chi connectivity index (χ4v) is 3.13. The summed E-state index contributed by atoms with van der Waals surface area (Å²) >= 11 is 0.983. The van der Waals surface area contributed by atoms with Crippen molar-refractivity contribution in [2.24, 2.45) is 10.2 Å². The van der Waals surface area contributed by atoms with Gasteiger partial charge in [0.25, 0.3) is 5.91 Å². The van der Waals surface area contributed by atoms with Gasteiger partial charge in [-0.15, -0.1) is 5.10 Å². The topological polar surface area (TPSA) is 117 Å². The van der Waals surface area contributed by atoms with Crippen LogP contribution in [0, 0.1) is 0 Å². The van der Waals surface area contributed by atoms with Gasteiger partial charge in [-0.05, 0) is 23.9 Å². The van der Waals surface area contributed by atoms with Crippen molar-refractivity contribution in [3.05, 3.63) is 34.7 Å². The van der Waals surface area contributed by atoms with E-state index in [4.69, 9.17) is 18.9 Å². The Kier molecular flexibility index (Phi) is 7.22. The van der Waals surface area contributed by atoms with Crippen LogP contribution in [-0.2, 0) is 23.8 Å². The minimum absolute atomic E-state index is 0.174. The molecule has 2 heterocycles. The number of thioether (sulfide) groups is 1. The molecule has 2 fully saturated rings. The van der Waals surface area contributed by atoms with E-state index in [2.05, 4.69) is 20.3 Å². The molecular weight excluding hydrogens is 402 g/mol. The molecule has 29 heavy (non-hydrogen) atoms. The molecule has 0 aliphatic carbocycles. The Hall–Kier alpha value is -2.89. The van der Waals surface area contributed by atoms with Crippen LogP contribution in [0.3, 0.4) is 0 Å². The molecule has 0 bridgehead atoms. The van der Waals surface area contributed by atoms with Gasteiger partial charge in [-0.25, -0.2) is 4.79 Å². The van der Waals surface area contributed by atoms with Crippen LogP contribution in [0.5, 0.6) is 11.5 Å². The molecule has 0 atom stereocenters. The molecule has 0 unspecified atom stereocenters. The Morgan fingerprint density at radius 3 is 2.86 bits per heavy atom. The van der Waals surface area contributed by atoms with Crippen molar-refractivity contribution in [3.8, 4) is 11.5 Å². The lowest BCUT2D eigenvalue weighted by Gasteiger charge is -2.15. The number of carbonyl (C=O) groups is 2. The summed E-state index contributed by atoms with van der Waals surface area (Å²) in [4.78, 5) is 23.3. The Morgan fingerprint density at radius 1 is 1.34 bits per heavy atom. The van der Waals surface area contributed by atoms with Gasteiger partial charge in [-0.1, -0.05) is 6.07 Å². The summed E-state index contributed by atoms with van der Waals surface area (Å²) in [7, 11) is 2.76. The zero-order valence-corrected chi connectivity index (χ0v) is 16.6. The molecule has 0 aromatic heterocycles. The number of amidine groups is 1. The number of amides is 1. The van der Waals surface area contributed by atoms with Gasteiger partial charge >= 0.3 is 5.97 Å². The van der Waals surface area contributed by atoms with Crippen molar-refractivity contribution in [1.82, 2.24) is 5.32 Å². The molecule has 0 spiro atoms. The SMILES string of the molecule is COC(=O)/C=C1/S/C(=N\N=Cc2cccc(OC)c2OCC2OCCO2)NC1=O. The zero-order chi connectivity index (χ0) is 20.6. The van der Waals surface area contributed by atoms with Crippen LogP contribution in [0.4, 0.5) is 0 Å². The minimum Gasteiger partial charge on any atom is -0.493 e. The first-order chi connectivity index (χ1) is 14.1. The number of ether oxygens (including phenoxy) is 5. The Morgan fingerprint density at radius 2 is 2.14 bits per heavy atom. The molecule has 1 N–H and O–H groups in total. The molecule has 0 saturated carbocycles. The highest BCUT2D eigenvalue weighted by Gasteiger charge is 2.25. The summed E-state index contributed by atoms with van der Waals surface area (Å²) in [5, 5.41) is 10.7. The van der Waals surface area contributed by atoms with E-state index in [-0.39, 0.29) is 16.7 Å². The van der Waals surface area contributed by atoms with Crippen molar-refractivity contribution in [3.63, 3.8) is 0 Å².